The van der Waals surface area contributed by atoms with Gasteiger partial charge in [0.2, 0.25) is 5.91 Å². The summed E-state index contributed by atoms with van der Waals surface area (Å²) in [6.07, 6.45) is 1.80. The van der Waals surface area contributed by atoms with E-state index in [1.54, 1.807) is 13.3 Å². The van der Waals surface area contributed by atoms with Crippen LogP contribution in [0.3, 0.4) is 0 Å². The molecule has 0 aromatic rings. The summed E-state index contributed by atoms with van der Waals surface area (Å²) in [7, 11) is 1.77. The number of β-lactam (4-membered cyclic amide) rings is 1. The molecule has 5 heteroatoms. The van der Waals surface area contributed by atoms with Gasteiger partial charge in [-0.05, 0) is 6.92 Å². The summed E-state index contributed by atoms with van der Waals surface area (Å²) < 4.78 is 0. The molecule has 0 aromatic carbocycles. The predicted octanol–water partition coefficient (Wildman–Crippen LogP) is 1.02. The molecular formula is C10H15N3OS. The van der Waals surface area contributed by atoms with E-state index in [1.807, 2.05) is 30.5 Å². The van der Waals surface area contributed by atoms with E-state index >= 15 is 0 Å². The molecule has 0 saturated carbocycles. The highest BCUT2D eigenvalue weighted by Crippen LogP contribution is 2.42. The monoisotopic (exact) mass is 225 g/mol. The highest BCUT2D eigenvalue weighted by Gasteiger charge is 2.47. The fourth-order valence-corrected chi connectivity index (χ4v) is 3.34. The highest BCUT2D eigenvalue weighted by molar-refractivity contribution is 8.00. The molecule has 0 aliphatic carbocycles. The predicted molar refractivity (Wildman–Crippen MR) is 62.5 cm³/mol. The van der Waals surface area contributed by atoms with E-state index in [-0.39, 0.29) is 11.8 Å². The number of amides is 1. The number of hydrogen-bond donors (Lipinski definition) is 1. The zero-order chi connectivity index (χ0) is 11.0. The van der Waals surface area contributed by atoms with E-state index < -0.39 is 0 Å². The van der Waals surface area contributed by atoms with Crippen LogP contribution in [0.5, 0.6) is 0 Å². The van der Waals surface area contributed by atoms with Crippen LogP contribution in [-0.4, -0.2) is 35.2 Å². The number of nitrogens with zero attached hydrogens (tertiary/aromatic N) is 2. The minimum Gasteiger partial charge on any atom is -0.313 e. The maximum Gasteiger partial charge on any atom is 0.233 e. The standard InChI is InChI=1S/C10H15N3OS/c1-6-9(14)13-7(2)8(4-12-11-3)5-15-10(6)13/h4,6,10-11H,5H2,1-3H3/b12-4+. The fraction of sp³-hybridized carbons (Fsp3) is 0.600. The lowest BCUT2D eigenvalue weighted by molar-refractivity contribution is -0.145. The zero-order valence-corrected chi connectivity index (χ0v) is 9.97. The number of carbonyl (C=O) groups excluding carboxylic acids is 1. The van der Waals surface area contributed by atoms with Gasteiger partial charge in [0.15, 0.2) is 0 Å². The van der Waals surface area contributed by atoms with Crippen molar-refractivity contribution in [1.82, 2.24) is 10.3 Å². The van der Waals surface area contributed by atoms with Crippen molar-refractivity contribution in [3.05, 3.63) is 11.3 Å². The normalized spacial score (nSPS) is 30.6. The second-order valence-electron chi connectivity index (χ2n) is 3.79. The molecule has 2 atom stereocenters. The van der Waals surface area contributed by atoms with Gasteiger partial charge in [0, 0.05) is 24.1 Å². The van der Waals surface area contributed by atoms with Crippen LogP contribution in [0, 0.1) is 5.92 Å². The summed E-state index contributed by atoms with van der Waals surface area (Å²) in [5.74, 6) is 1.35. The van der Waals surface area contributed by atoms with Crippen LogP contribution < -0.4 is 5.43 Å². The van der Waals surface area contributed by atoms with Gasteiger partial charge < -0.3 is 10.3 Å². The molecule has 2 aliphatic heterocycles. The van der Waals surface area contributed by atoms with E-state index in [1.165, 1.54) is 0 Å². The van der Waals surface area contributed by atoms with Crippen molar-refractivity contribution < 1.29 is 4.79 Å². The minimum absolute atomic E-state index is 0.174. The van der Waals surface area contributed by atoms with E-state index in [9.17, 15) is 4.79 Å². The lowest BCUT2D eigenvalue weighted by atomic mass is 9.98. The number of carbonyl (C=O) groups is 1. The smallest absolute Gasteiger partial charge is 0.233 e. The van der Waals surface area contributed by atoms with E-state index in [2.05, 4.69) is 10.5 Å². The molecule has 4 nitrogen and oxygen atoms in total. The SMILES string of the molecule is CN/N=C/C1=C(C)N2C(=O)C(C)C2SC1. The molecule has 1 saturated heterocycles. The van der Waals surface area contributed by atoms with Gasteiger partial charge in [0.05, 0.1) is 17.5 Å². The molecule has 15 heavy (non-hydrogen) atoms. The molecule has 0 bridgehead atoms. The van der Waals surface area contributed by atoms with Crippen LogP contribution in [0.4, 0.5) is 0 Å². The molecule has 0 aromatic heterocycles. The van der Waals surface area contributed by atoms with Crippen molar-refractivity contribution in [2.45, 2.75) is 19.2 Å². The fourth-order valence-electron chi connectivity index (χ4n) is 1.89. The number of fused-ring (bicyclic) bond motifs is 1. The molecular weight excluding hydrogens is 210 g/mol. The number of thioether (sulfide) groups is 1. The summed E-state index contributed by atoms with van der Waals surface area (Å²) in [6.45, 7) is 3.99. The Morgan fingerprint density at radius 2 is 2.40 bits per heavy atom. The lowest BCUT2D eigenvalue weighted by Crippen LogP contribution is -2.58. The molecule has 2 aliphatic rings. The Bertz CT molecular complexity index is 351. The molecule has 2 unspecified atom stereocenters. The first-order chi connectivity index (χ1) is 7.16. The van der Waals surface area contributed by atoms with Gasteiger partial charge >= 0.3 is 0 Å². The van der Waals surface area contributed by atoms with Gasteiger partial charge in [-0.3, -0.25) is 4.79 Å². The third-order valence-electron chi connectivity index (χ3n) is 2.89. The third kappa shape index (κ3) is 1.55. The maximum absolute atomic E-state index is 11.6. The van der Waals surface area contributed by atoms with Gasteiger partial charge in [0.1, 0.15) is 0 Å². The number of hydrogen-bond acceptors (Lipinski definition) is 4. The van der Waals surface area contributed by atoms with Crippen LogP contribution in [0.1, 0.15) is 13.8 Å². The lowest BCUT2D eigenvalue weighted by Gasteiger charge is -2.48. The van der Waals surface area contributed by atoms with Gasteiger partial charge in [-0.15, -0.1) is 11.8 Å². The van der Waals surface area contributed by atoms with E-state index in [4.69, 9.17) is 0 Å². The third-order valence-corrected chi connectivity index (χ3v) is 4.33. The van der Waals surface area contributed by atoms with Crippen molar-refractivity contribution in [1.29, 1.82) is 0 Å². The summed E-state index contributed by atoms with van der Waals surface area (Å²) in [4.78, 5) is 13.5. The average Bonchev–Trinajstić information content (AvgIpc) is 2.26. The van der Waals surface area contributed by atoms with Crippen molar-refractivity contribution in [2.24, 2.45) is 11.0 Å². The molecule has 82 valence electrons. The molecule has 0 spiro atoms. The second kappa shape index (κ2) is 3.89. The number of hydrazone groups is 1. The van der Waals surface area contributed by atoms with Crippen LogP contribution in [0.25, 0.3) is 0 Å². The Hall–Kier alpha value is -0.970. The summed E-state index contributed by atoms with van der Waals surface area (Å²) in [5, 5.41) is 4.34. The van der Waals surface area contributed by atoms with Crippen molar-refractivity contribution in [3.8, 4) is 0 Å². The van der Waals surface area contributed by atoms with Gasteiger partial charge in [-0.1, -0.05) is 6.92 Å². The van der Waals surface area contributed by atoms with E-state index in [0.717, 1.165) is 17.0 Å². The molecule has 2 rings (SSSR count). The summed E-state index contributed by atoms with van der Waals surface area (Å²) in [5.41, 5.74) is 4.91. The first kappa shape index (κ1) is 10.5. The molecule has 0 radical (unpaired) electrons. The van der Waals surface area contributed by atoms with Gasteiger partial charge in [-0.2, -0.15) is 5.10 Å². The Labute approximate surface area is 93.8 Å². The zero-order valence-electron chi connectivity index (χ0n) is 9.15. The average molecular weight is 225 g/mol. The van der Waals surface area contributed by atoms with Gasteiger partial charge in [0.25, 0.3) is 0 Å². The molecule has 2 heterocycles. The highest BCUT2D eigenvalue weighted by atomic mass is 32.2. The van der Waals surface area contributed by atoms with Crippen molar-refractivity contribution >= 4 is 23.9 Å². The van der Waals surface area contributed by atoms with Gasteiger partial charge in [-0.25, -0.2) is 0 Å². The van der Waals surface area contributed by atoms with Crippen molar-refractivity contribution in [3.63, 3.8) is 0 Å². The summed E-state index contributed by atoms with van der Waals surface area (Å²) >= 11 is 1.82. The first-order valence-corrected chi connectivity index (χ1v) is 6.06. The Kier molecular flexibility index (Phi) is 2.73. The number of allylic oxidation sites excluding steroid dienone is 1. The second-order valence-corrected chi connectivity index (χ2v) is 4.90. The Balaban J connectivity index is 2.21. The summed E-state index contributed by atoms with van der Waals surface area (Å²) in [6, 6.07) is 0. The number of rotatable bonds is 2. The first-order valence-electron chi connectivity index (χ1n) is 5.01. The Morgan fingerprint density at radius 1 is 1.67 bits per heavy atom. The Morgan fingerprint density at radius 3 is 3.07 bits per heavy atom. The minimum atomic E-state index is 0.174. The topological polar surface area (TPSA) is 44.7 Å². The number of nitrogens with one attached hydrogen (secondary N) is 1. The maximum atomic E-state index is 11.6. The quantitative estimate of drug-likeness (QED) is 0.433. The van der Waals surface area contributed by atoms with Crippen LogP contribution in [0.15, 0.2) is 16.4 Å². The molecule has 1 fully saturated rings. The van der Waals surface area contributed by atoms with Crippen LogP contribution in [-0.2, 0) is 4.79 Å². The van der Waals surface area contributed by atoms with Crippen LogP contribution in [0.2, 0.25) is 0 Å². The van der Waals surface area contributed by atoms with Crippen LogP contribution >= 0.6 is 11.8 Å². The largest absolute Gasteiger partial charge is 0.313 e. The van der Waals surface area contributed by atoms with E-state index in [0.29, 0.717) is 5.37 Å². The van der Waals surface area contributed by atoms with Crippen molar-refractivity contribution in [2.75, 3.05) is 12.8 Å². The molecule has 1 amide bonds. The molecule has 1 N–H and O–H groups in total.